The smallest absolute Gasteiger partial charge is 0.229 e. The molecular weight excluding hydrogens is 424 g/mol. The van der Waals surface area contributed by atoms with Crippen molar-refractivity contribution in [3.63, 3.8) is 0 Å². The molecule has 2 aromatic rings. The third kappa shape index (κ3) is 5.00. The van der Waals surface area contributed by atoms with Crippen LogP contribution in [-0.2, 0) is 17.6 Å². The molecular formula is C22H28O10. The van der Waals surface area contributed by atoms with Crippen LogP contribution in [0.25, 0.3) is 0 Å². The van der Waals surface area contributed by atoms with Crippen LogP contribution in [-0.4, -0.2) is 82.2 Å². The van der Waals surface area contributed by atoms with E-state index in [0.29, 0.717) is 18.6 Å². The zero-order valence-corrected chi connectivity index (χ0v) is 17.7. The average molecular weight is 452 g/mol. The fraction of sp³-hybridized carbons (Fsp3) is 0.455. The lowest BCUT2D eigenvalue weighted by molar-refractivity contribution is -0.277. The third-order valence-corrected chi connectivity index (χ3v) is 5.34. The van der Waals surface area contributed by atoms with Crippen molar-refractivity contribution in [2.75, 3.05) is 20.8 Å². The first-order valence-corrected chi connectivity index (χ1v) is 10.0. The Kier molecular flexibility index (Phi) is 7.64. The van der Waals surface area contributed by atoms with Gasteiger partial charge in [0, 0.05) is 0 Å². The Hall–Kier alpha value is -2.76. The minimum absolute atomic E-state index is 0.00184. The summed E-state index contributed by atoms with van der Waals surface area (Å²) in [6.45, 7) is -0.588. The van der Waals surface area contributed by atoms with Gasteiger partial charge in [0.25, 0.3) is 0 Å². The molecule has 1 aliphatic rings. The molecule has 32 heavy (non-hydrogen) atoms. The van der Waals surface area contributed by atoms with E-state index in [2.05, 4.69) is 0 Å². The Bertz CT molecular complexity index is 916. The van der Waals surface area contributed by atoms with Crippen LogP contribution < -0.4 is 14.2 Å². The number of phenolic OH excluding ortho intramolecular Hbond substituents is 2. The molecule has 0 radical (unpaired) electrons. The molecule has 0 amide bonds. The summed E-state index contributed by atoms with van der Waals surface area (Å²) in [4.78, 5) is 0. The average Bonchev–Trinajstić information content (AvgIpc) is 2.79. The number of rotatable bonds is 8. The van der Waals surface area contributed by atoms with Crippen LogP contribution in [0.5, 0.6) is 28.7 Å². The monoisotopic (exact) mass is 452 g/mol. The molecule has 6 N–H and O–H groups in total. The van der Waals surface area contributed by atoms with E-state index in [1.54, 1.807) is 24.3 Å². The zero-order chi connectivity index (χ0) is 23.4. The number of aliphatic hydroxyl groups excluding tert-OH is 4. The highest BCUT2D eigenvalue weighted by Gasteiger charge is 2.44. The number of phenols is 2. The van der Waals surface area contributed by atoms with E-state index in [4.69, 9.17) is 18.9 Å². The predicted molar refractivity (Wildman–Crippen MR) is 111 cm³/mol. The first kappa shape index (κ1) is 23.9. The van der Waals surface area contributed by atoms with E-state index >= 15 is 0 Å². The number of benzene rings is 2. The number of methoxy groups -OCH3 is 2. The normalized spacial score (nSPS) is 25.4. The number of aromatic hydroxyl groups is 2. The number of hydrogen-bond donors (Lipinski definition) is 6. The maximum atomic E-state index is 10.2. The van der Waals surface area contributed by atoms with Gasteiger partial charge in [0.05, 0.1) is 20.8 Å². The summed E-state index contributed by atoms with van der Waals surface area (Å²) < 4.78 is 21.2. The molecule has 1 fully saturated rings. The lowest BCUT2D eigenvalue weighted by Gasteiger charge is -2.39. The molecule has 0 saturated carbocycles. The zero-order valence-electron chi connectivity index (χ0n) is 17.7. The van der Waals surface area contributed by atoms with Crippen molar-refractivity contribution >= 4 is 0 Å². The van der Waals surface area contributed by atoms with Crippen molar-refractivity contribution in [3.05, 3.63) is 41.5 Å². The first-order chi connectivity index (χ1) is 15.3. The van der Waals surface area contributed by atoms with Crippen LogP contribution >= 0.6 is 0 Å². The second-order valence-electron chi connectivity index (χ2n) is 7.47. The summed E-state index contributed by atoms with van der Waals surface area (Å²) in [5, 5.41) is 59.5. The molecule has 1 heterocycles. The lowest BCUT2D eigenvalue weighted by atomic mass is 9.99. The molecule has 5 atom stereocenters. The Labute approximate surface area is 184 Å². The number of hydrogen-bond acceptors (Lipinski definition) is 10. The van der Waals surface area contributed by atoms with Crippen LogP contribution in [0.15, 0.2) is 30.3 Å². The van der Waals surface area contributed by atoms with Gasteiger partial charge in [0.1, 0.15) is 24.4 Å². The standard InChI is InChI=1S/C22H28O10/c1-29-16-9-12(7-14(25)21(16)30-2)4-3-11-5-6-13(24)15(8-11)31-22-20(28)19(27)18(26)17(10-23)32-22/h5-9,17-20,22-28H,3-4,10H2,1-2H3/t17-,18+,19-,20-,22+/m0/s1. The van der Waals surface area contributed by atoms with Gasteiger partial charge in [-0.1, -0.05) is 6.07 Å². The van der Waals surface area contributed by atoms with E-state index in [1.165, 1.54) is 20.3 Å². The Balaban J connectivity index is 1.73. The molecule has 10 heteroatoms. The SMILES string of the molecule is COc1cc(CCc2ccc(O)c(O[C@@H]3O[C@@H](CO)[C@@H](O)[C@H](O)[C@@H]3O)c2)cc(O)c1OC. The molecule has 0 aromatic heterocycles. The van der Waals surface area contributed by atoms with E-state index in [-0.39, 0.29) is 23.0 Å². The van der Waals surface area contributed by atoms with Crippen LogP contribution in [0.3, 0.4) is 0 Å². The molecule has 0 bridgehead atoms. The predicted octanol–water partition coefficient (Wildman–Crippen LogP) is 0.0789. The number of aryl methyl sites for hydroxylation is 2. The molecule has 0 unspecified atom stereocenters. The largest absolute Gasteiger partial charge is 0.504 e. The molecule has 3 rings (SSSR count). The van der Waals surface area contributed by atoms with E-state index in [9.17, 15) is 30.6 Å². The van der Waals surface area contributed by atoms with Crippen LogP contribution in [0, 0.1) is 0 Å². The quantitative estimate of drug-likeness (QED) is 0.324. The van der Waals surface area contributed by atoms with Crippen LogP contribution in [0.1, 0.15) is 11.1 Å². The fourth-order valence-corrected chi connectivity index (χ4v) is 3.53. The van der Waals surface area contributed by atoms with Crippen molar-refractivity contribution < 1.29 is 49.6 Å². The molecule has 176 valence electrons. The second-order valence-corrected chi connectivity index (χ2v) is 7.47. The minimum Gasteiger partial charge on any atom is -0.504 e. The van der Waals surface area contributed by atoms with Crippen molar-refractivity contribution in [2.45, 2.75) is 43.5 Å². The Morgan fingerprint density at radius 3 is 2.16 bits per heavy atom. The summed E-state index contributed by atoms with van der Waals surface area (Å²) in [5.41, 5.74) is 1.57. The van der Waals surface area contributed by atoms with Crippen molar-refractivity contribution in [3.8, 4) is 28.7 Å². The van der Waals surface area contributed by atoms with Crippen molar-refractivity contribution in [2.24, 2.45) is 0 Å². The van der Waals surface area contributed by atoms with E-state index < -0.39 is 37.3 Å². The highest BCUT2D eigenvalue weighted by molar-refractivity contribution is 5.53. The first-order valence-electron chi connectivity index (χ1n) is 10.0. The number of ether oxygens (including phenoxy) is 4. The van der Waals surface area contributed by atoms with Gasteiger partial charge in [-0.15, -0.1) is 0 Å². The van der Waals surface area contributed by atoms with Gasteiger partial charge in [-0.25, -0.2) is 0 Å². The second kappa shape index (κ2) is 10.2. The van der Waals surface area contributed by atoms with E-state index in [1.807, 2.05) is 0 Å². The van der Waals surface area contributed by atoms with E-state index in [0.717, 1.165) is 11.1 Å². The van der Waals surface area contributed by atoms with Gasteiger partial charge >= 0.3 is 0 Å². The topological polar surface area (TPSA) is 158 Å². The minimum atomic E-state index is -1.59. The van der Waals surface area contributed by atoms with Crippen molar-refractivity contribution in [1.82, 2.24) is 0 Å². The molecule has 10 nitrogen and oxygen atoms in total. The molecule has 2 aromatic carbocycles. The summed E-state index contributed by atoms with van der Waals surface area (Å²) in [5.74, 6) is 0.395. The number of aliphatic hydroxyl groups is 4. The molecule has 1 saturated heterocycles. The molecule has 0 aliphatic carbocycles. The highest BCUT2D eigenvalue weighted by atomic mass is 16.7. The van der Waals surface area contributed by atoms with Crippen molar-refractivity contribution in [1.29, 1.82) is 0 Å². The van der Waals surface area contributed by atoms with Gasteiger partial charge in [-0.3, -0.25) is 0 Å². The Morgan fingerprint density at radius 2 is 1.50 bits per heavy atom. The summed E-state index contributed by atoms with van der Waals surface area (Å²) in [6.07, 6.45) is -6.18. The third-order valence-electron chi connectivity index (χ3n) is 5.34. The van der Waals surface area contributed by atoms with Gasteiger partial charge in [0.2, 0.25) is 12.0 Å². The highest BCUT2D eigenvalue weighted by Crippen LogP contribution is 2.38. The van der Waals surface area contributed by atoms with Gasteiger partial charge < -0.3 is 49.6 Å². The van der Waals surface area contributed by atoms with Crippen LogP contribution in [0.2, 0.25) is 0 Å². The Morgan fingerprint density at radius 1 is 0.812 bits per heavy atom. The summed E-state index contributed by atoms with van der Waals surface area (Å²) >= 11 is 0. The summed E-state index contributed by atoms with van der Waals surface area (Å²) in [6, 6.07) is 7.99. The van der Waals surface area contributed by atoms with Gasteiger partial charge in [0.15, 0.2) is 23.0 Å². The van der Waals surface area contributed by atoms with Gasteiger partial charge in [-0.2, -0.15) is 0 Å². The lowest BCUT2D eigenvalue weighted by Crippen LogP contribution is -2.60. The maximum absolute atomic E-state index is 10.2. The van der Waals surface area contributed by atoms with Gasteiger partial charge in [-0.05, 0) is 48.2 Å². The summed E-state index contributed by atoms with van der Waals surface area (Å²) in [7, 11) is 2.91. The van der Waals surface area contributed by atoms with Crippen LogP contribution in [0.4, 0.5) is 0 Å². The molecule has 1 aliphatic heterocycles. The molecule has 0 spiro atoms. The maximum Gasteiger partial charge on any atom is 0.229 e. The fourth-order valence-electron chi connectivity index (χ4n) is 3.53.